The number of aromatic nitrogens is 2. The number of pyridine rings is 1. The summed E-state index contributed by atoms with van der Waals surface area (Å²) in [7, 11) is 0. The average Bonchev–Trinajstić information content (AvgIpc) is 3.60. The molecule has 9 nitrogen and oxygen atoms in total. The van der Waals surface area contributed by atoms with E-state index < -0.39 is 65.8 Å². The van der Waals surface area contributed by atoms with Gasteiger partial charge < -0.3 is 30.0 Å². The summed E-state index contributed by atoms with van der Waals surface area (Å²) in [5, 5.41) is 14.3. The Morgan fingerprint density at radius 3 is 2.45 bits per heavy atom. The smallest absolute Gasteiger partial charge is 0.488 e. The van der Waals surface area contributed by atoms with Crippen LogP contribution in [-0.2, 0) is 11.1 Å². The van der Waals surface area contributed by atoms with Gasteiger partial charge in [0.1, 0.15) is 23.7 Å². The molecule has 44 heavy (non-hydrogen) atoms. The predicted molar refractivity (Wildman–Crippen MR) is 137 cm³/mol. The molecule has 3 heterocycles. The van der Waals surface area contributed by atoms with Crippen LogP contribution in [0, 0.1) is 11.7 Å². The zero-order valence-electron chi connectivity index (χ0n) is 22.2. The number of rotatable bonds is 7. The maximum atomic E-state index is 14.2. The molecule has 2 aliphatic rings. The van der Waals surface area contributed by atoms with Crippen molar-refractivity contribution in [2.75, 3.05) is 13.2 Å². The van der Waals surface area contributed by atoms with Crippen molar-refractivity contribution in [3.63, 3.8) is 0 Å². The number of fused-ring (bicyclic) bond motifs is 2. The first-order valence-corrected chi connectivity index (χ1v) is 13.0. The molecule has 2 aromatic heterocycles. The van der Waals surface area contributed by atoms with Gasteiger partial charge in [0.2, 0.25) is 0 Å². The molecule has 0 bridgehead atoms. The lowest BCUT2D eigenvalue weighted by molar-refractivity contribution is -0.274. The molecule has 0 radical (unpaired) electrons. The lowest BCUT2D eigenvalue weighted by atomic mass is 9.86. The van der Waals surface area contributed by atoms with Gasteiger partial charge in [-0.15, -0.1) is 13.2 Å². The summed E-state index contributed by atoms with van der Waals surface area (Å²) in [4.78, 5) is 21.2. The van der Waals surface area contributed by atoms with Gasteiger partial charge in [0, 0.05) is 16.7 Å². The lowest BCUT2D eigenvalue weighted by Gasteiger charge is -2.31. The number of benzene rings is 2. The van der Waals surface area contributed by atoms with E-state index in [0.29, 0.717) is 12.8 Å². The van der Waals surface area contributed by atoms with Crippen molar-refractivity contribution in [2.24, 2.45) is 11.7 Å². The Hall–Kier alpha value is -4.44. The fourth-order valence-corrected chi connectivity index (χ4v) is 5.13. The predicted octanol–water partition coefficient (Wildman–Crippen LogP) is 5.06. The summed E-state index contributed by atoms with van der Waals surface area (Å²) >= 11 is 0. The number of nitrogens with zero attached hydrogens (tertiary/aromatic N) is 2. The number of alkyl halides is 6. The number of halogens is 7. The SMILES string of the molecule is N[C@@]1(C(F)(F)F)COc2c1cc([C@@](O)(CNC(=O)c1cc(OC(F)(F)F)c3ncoc3c1)C1CC1)nc2-c1ccc(F)cc1. The highest BCUT2D eigenvalue weighted by atomic mass is 19.4. The van der Waals surface area contributed by atoms with Gasteiger partial charge in [-0.1, -0.05) is 0 Å². The van der Waals surface area contributed by atoms with Crippen LogP contribution in [0.15, 0.2) is 53.3 Å². The summed E-state index contributed by atoms with van der Waals surface area (Å²) in [6, 6.07) is 7.55. The molecular formula is C28H21F7N4O5. The van der Waals surface area contributed by atoms with Gasteiger partial charge in [0.15, 0.2) is 34.5 Å². The van der Waals surface area contributed by atoms with Gasteiger partial charge in [0.05, 0.1) is 12.2 Å². The minimum Gasteiger partial charge on any atom is -0.488 e. The molecule has 4 N–H and O–H groups in total. The van der Waals surface area contributed by atoms with E-state index in [2.05, 4.69) is 20.0 Å². The third-order valence-electron chi connectivity index (χ3n) is 7.63. The summed E-state index contributed by atoms with van der Waals surface area (Å²) < 4.78 is 110. The highest BCUT2D eigenvalue weighted by molar-refractivity contribution is 5.98. The van der Waals surface area contributed by atoms with Crippen LogP contribution in [0.3, 0.4) is 0 Å². The van der Waals surface area contributed by atoms with E-state index in [1.165, 1.54) is 12.1 Å². The summed E-state index contributed by atoms with van der Waals surface area (Å²) in [5.41, 5.74) is -0.752. The van der Waals surface area contributed by atoms with Gasteiger partial charge >= 0.3 is 12.5 Å². The van der Waals surface area contributed by atoms with Gasteiger partial charge in [0.25, 0.3) is 5.91 Å². The summed E-state index contributed by atoms with van der Waals surface area (Å²) in [5.74, 6) is -3.23. The molecule has 1 saturated carbocycles. The van der Waals surface area contributed by atoms with Gasteiger partial charge in [-0.05, 0) is 61.2 Å². The zero-order valence-corrected chi connectivity index (χ0v) is 22.2. The maximum Gasteiger partial charge on any atom is 0.573 e. The summed E-state index contributed by atoms with van der Waals surface area (Å²) in [6.45, 7) is -1.57. The Morgan fingerprint density at radius 1 is 1.11 bits per heavy atom. The maximum absolute atomic E-state index is 14.2. The first-order valence-electron chi connectivity index (χ1n) is 13.0. The van der Waals surface area contributed by atoms with Crippen LogP contribution in [0.2, 0.25) is 0 Å². The van der Waals surface area contributed by atoms with Gasteiger partial charge in [-0.2, -0.15) is 13.2 Å². The number of nitrogens with one attached hydrogen (secondary N) is 1. The lowest BCUT2D eigenvalue weighted by Crippen LogP contribution is -2.52. The highest BCUT2D eigenvalue weighted by Gasteiger charge is 2.59. The number of carbonyl (C=O) groups is 1. The van der Waals surface area contributed by atoms with Crippen molar-refractivity contribution < 1.29 is 54.5 Å². The molecule has 6 rings (SSSR count). The largest absolute Gasteiger partial charge is 0.573 e. The Morgan fingerprint density at radius 2 is 1.82 bits per heavy atom. The van der Waals surface area contributed by atoms with Crippen LogP contribution in [0.1, 0.15) is 34.5 Å². The molecule has 2 atom stereocenters. The van der Waals surface area contributed by atoms with Gasteiger partial charge in [-0.25, -0.2) is 14.4 Å². The number of hydrogen-bond acceptors (Lipinski definition) is 8. The number of nitrogens with two attached hydrogens (primary N) is 1. The number of hydrogen-bond donors (Lipinski definition) is 3. The Bertz CT molecular complexity index is 1750. The summed E-state index contributed by atoms with van der Waals surface area (Å²) in [6.07, 6.45) is -8.37. The van der Waals surface area contributed by atoms with E-state index >= 15 is 0 Å². The number of carbonyl (C=O) groups excluding carboxylic acids is 1. The van der Waals surface area contributed by atoms with E-state index in [1.807, 2.05) is 0 Å². The molecule has 1 aliphatic heterocycles. The highest BCUT2D eigenvalue weighted by Crippen LogP contribution is 2.52. The van der Waals surface area contributed by atoms with Crippen LogP contribution >= 0.6 is 0 Å². The Labute approximate surface area is 242 Å². The molecule has 2 aromatic carbocycles. The molecule has 1 amide bonds. The number of oxazole rings is 1. The molecule has 0 saturated heterocycles. The topological polar surface area (TPSA) is 133 Å². The van der Waals surface area contributed by atoms with Crippen molar-refractivity contribution in [1.82, 2.24) is 15.3 Å². The third kappa shape index (κ3) is 5.17. The Kier molecular flexibility index (Phi) is 6.77. The van der Waals surface area contributed by atoms with Crippen LogP contribution in [0.4, 0.5) is 30.7 Å². The molecule has 0 spiro atoms. The van der Waals surface area contributed by atoms with Crippen LogP contribution < -0.4 is 20.5 Å². The van der Waals surface area contributed by atoms with Gasteiger partial charge in [-0.3, -0.25) is 4.79 Å². The molecule has 1 fully saturated rings. The van der Waals surface area contributed by atoms with E-state index in [4.69, 9.17) is 14.9 Å². The van der Waals surface area contributed by atoms with Crippen LogP contribution in [0.5, 0.6) is 11.5 Å². The van der Waals surface area contributed by atoms with Crippen molar-refractivity contribution in [2.45, 2.75) is 36.5 Å². The van der Waals surface area contributed by atoms with Crippen LogP contribution in [-0.4, -0.2) is 46.7 Å². The second kappa shape index (κ2) is 10.1. The van der Waals surface area contributed by atoms with Crippen molar-refractivity contribution >= 4 is 17.0 Å². The van der Waals surface area contributed by atoms with Crippen molar-refractivity contribution in [3.8, 4) is 22.8 Å². The first-order chi connectivity index (χ1) is 20.6. The number of amides is 1. The van der Waals surface area contributed by atoms with E-state index in [9.17, 15) is 40.6 Å². The van der Waals surface area contributed by atoms with E-state index in [0.717, 1.165) is 36.7 Å². The fraction of sp³-hybridized carbons (Fsp3) is 0.321. The normalized spacial score (nSPS) is 19.8. The third-order valence-corrected chi connectivity index (χ3v) is 7.63. The van der Waals surface area contributed by atoms with Crippen molar-refractivity contribution in [1.29, 1.82) is 0 Å². The first kappa shape index (κ1) is 29.6. The quantitative estimate of drug-likeness (QED) is 0.243. The molecule has 16 heteroatoms. The zero-order chi connectivity index (χ0) is 31.7. The molecule has 4 aromatic rings. The van der Waals surface area contributed by atoms with Crippen LogP contribution in [0.25, 0.3) is 22.4 Å². The molecule has 1 aliphatic carbocycles. The average molecular weight is 626 g/mol. The number of ether oxygens (including phenoxy) is 2. The Balaban J connectivity index is 1.39. The minimum atomic E-state index is -5.10. The van der Waals surface area contributed by atoms with E-state index in [-0.39, 0.29) is 39.4 Å². The molecule has 0 unspecified atom stereocenters. The van der Waals surface area contributed by atoms with Crippen molar-refractivity contribution in [3.05, 3.63) is 71.5 Å². The molecular weight excluding hydrogens is 605 g/mol. The second-order valence-electron chi connectivity index (χ2n) is 10.6. The number of aliphatic hydroxyl groups is 1. The monoisotopic (exact) mass is 626 g/mol. The second-order valence-corrected chi connectivity index (χ2v) is 10.6. The molecule has 232 valence electrons. The minimum absolute atomic E-state index is 0.135. The van der Waals surface area contributed by atoms with E-state index in [1.54, 1.807) is 0 Å². The fourth-order valence-electron chi connectivity index (χ4n) is 5.13. The standard InChI is InChI=1S/C28H21F7N4O5/c29-16-5-1-13(2-6-16)21-23-17(26(36,11-42-23)27(30,31)32)9-20(39-21)25(41,15-3-4-15)10-37-24(40)14-7-18-22(38-12-43-18)19(8-14)44-28(33,34)35/h1-2,5-9,12,15,41H,3-4,10-11,36H2,(H,37,40)/t25-,26+/m1/s1.